The monoisotopic (exact) mass is 578 g/mol. The van der Waals surface area contributed by atoms with E-state index in [9.17, 15) is 14.0 Å². The van der Waals surface area contributed by atoms with E-state index in [2.05, 4.69) is 33.2 Å². The van der Waals surface area contributed by atoms with E-state index in [-0.39, 0.29) is 35.8 Å². The van der Waals surface area contributed by atoms with Gasteiger partial charge in [0.2, 0.25) is 0 Å². The Balaban J connectivity index is 1.41. The van der Waals surface area contributed by atoms with Crippen LogP contribution in [0, 0.1) is 9.39 Å². The maximum atomic E-state index is 13.4. The van der Waals surface area contributed by atoms with Gasteiger partial charge in [-0.2, -0.15) is 0 Å². The Kier molecular flexibility index (Phi) is 7.66. The fourth-order valence-corrected chi connectivity index (χ4v) is 3.63. The minimum atomic E-state index is -0.622. The summed E-state index contributed by atoms with van der Waals surface area (Å²) >= 11 is 13.6. The number of nitrogens with one attached hydrogen (secondary N) is 2. The third-order valence-corrected chi connectivity index (χ3v) is 6.14. The van der Waals surface area contributed by atoms with E-state index < -0.39 is 11.4 Å². The first kappa shape index (κ1) is 23.6. The number of hydrogen-bond donors (Lipinski definition) is 2. The summed E-state index contributed by atoms with van der Waals surface area (Å²) in [6, 6.07) is 9.07. The lowest BCUT2D eigenvalue weighted by atomic mass is 9.84. The van der Waals surface area contributed by atoms with Crippen molar-refractivity contribution in [2.24, 2.45) is 0 Å². The predicted octanol–water partition coefficient (Wildman–Crippen LogP) is 4.47. The first-order valence-corrected chi connectivity index (χ1v) is 11.0. The molecule has 3 rings (SSSR count). The maximum Gasteiger partial charge on any atom is 0.262 e. The van der Waals surface area contributed by atoms with Crippen molar-refractivity contribution in [1.82, 2.24) is 10.6 Å². The summed E-state index contributed by atoms with van der Waals surface area (Å²) < 4.78 is 25.0. The lowest BCUT2D eigenvalue weighted by Gasteiger charge is -2.37. The lowest BCUT2D eigenvalue weighted by Crippen LogP contribution is -2.53. The summed E-state index contributed by atoms with van der Waals surface area (Å²) in [6.45, 7) is 1.39. The van der Waals surface area contributed by atoms with Gasteiger partial charge in [-0.05, 0) is 65.9 Å². The van der Waals surface area contributed by atoms with Crippen molar-refractivity contribution < 1.29 is 23.5 Å². The van der Waals surface area contributed by atoms with Crippen LogP contribution in [0.2, 0.25) is 10.0 Å². The number of ether oxygens (including phenoxy) is 2. The average molecular weight is 579 g/mol. The van der Waals surface area contributed by atoms with Gasteiger partial charge in [0.05, 0.1) is 15.6 Å². The molecule has 1 aliphatic carbocycles. The fraction of sp³-hybridized carbons (Fsp3) is 0.238. The van der Waals surface area contributed by atoms with Crippen molar-refractivity contribution in [2.75, 3.05) is 13.2 Å². The van der Waals surface area contributed by atoms with Crippen molar-refractivity contribution in [1.29, 1.82) is 0 Å². The minimum Gasteiger partial charge on any atom is -0.484 e. The van der Waals surface area contributed by atoms with Crippen molar-refractivity contribution >= 4 is 57.6 Å². The molecular formula is C21H18Cl2FIN2O4. The molecule has 1 unspecified atom stereocenters. The first-order valence-electron chi connectivity index (χ1n) is 9.12. The summed E-state index contributed by atoms with van der Waals surface area (Å²) in [4.78, 5) is 24.2. The van der Waals surface area contributed by atoms with Gasteiger partial charge in [0.1, 0.15) is 17.3 Å². The van der Waals surface area contributed by atoms with Crippen LogP contribution >= 0.6 is 45.8 Å². The molecule has 0 saturated carbocycles. The van der Waals surface area contributed by atoms with E-state index in [4.69, 9.17) is 32.7 Å². The van der Waals surface area contributed by atoms with E-state index in [1.54, 1.807) is 24.3 Å². The topological polar surface area (TPSA) is 76.7 Å². The van der Waals surface area contributed by atoms with Gasteiger partial charge in [-0.3, -0.25) is 9.59 Å². The quantitative estimate of drug-likeness (QED) is 0.453. The second-order valence-electron chi connectivity index (χ2n) is 7.09. The highest BCUT2D eigenvalue weighted by molar-refractivity contribution is 14.1. The molecule has 0 heterocycles. The minimum absolute atomic E-state index is 0.0215. The smallest absolute Gasteiger partial charge is 0.262 e. The highest BCUT2D eigenvalue weighted by Crippen LogP contribution is 2.28. The Hall–Kier alpha value is -2.04. The van der Waals surface area contributed by atoms with Crippen LogP contribution in [0.5, 0.6) is 11.5 Å². The standard InChI is InChI=1S/C21H18Cl2FIN2O4/c1-21(27-20(29)11-31-13-2-4-15(22)17(24)6-13)8-12(9-21)26-19(28)10-30-14-3-5-16(23)18(25)7-14/h2-8H,9-11H2,1H3,(H,26,28)(H,27,29). The Bertz CT molecular complexity index is 1050. The molecule has 2 aromatic rings. The van der Waals surface area contributed by atoms with E-state index in [0.717, 1.165) is 9.64 Å². The van der Waals surface area contributed by atoms with Crippen molar-refractivity contribution in [3.63, 3.8) is 0 Å². The van der Waals surface area contributed by atoms with Crippen LogP contribution in [0.1, 0.15) is 13.3 Å². The van der Waals surface area contributed by atoms with E-state index in [0.29, 0.717) is 22.9 Å². The first-order chi connectivity index (χ1) is 14.6. The van der Waals surface area contributed by atoms with Gasteiger partial charge in [-0.15, -0.1) is 0 Å². The van der Waals surface area contributed by atoms with Crippen LogP contribution in [0.4, 0.5) is 4.39 Å². The van der Waals surface area contributed by atoms with Gasteiger partial charge >= 0.3 is 0 Å². The molecule has 10 heteroatoms. The zero-order valence-corrected chi connectivity index (χ0v) is 20.0. The lowest BCUT2D eigenvalue weighted by molar-refractivity contribution is -0.124. The van der Waals surface area contributed by atoms with Crippen LogP contribution in [0.25, 0.3) is 0 Å². The van der Waals surface area contributed by atoms with E-state index in [1.807, 2.05) is 6.92 Å². The zero-order valence-electron chi connectivity index (χ0n) is 16.3. The molecule has 0 aliphatic heterocycles. The second kappa shape index (κ2) is 10.1. The molecule has 1 aliphatic rings. The van der Waals surface area contributed by atoms with Gasteiger partial charge in [0.15, 0.2) is 13.2 Å². The Morgan fingerprint density at radius 2 is 1.65 bits per heavy atom. The molecule has 2 aromatic carbocycles. The summed E-state index contributed by atoms with van der Waals surface area (Å²) in [5, 5.41) is 6.14. The average Bonchev–Trinajstić information content (AvgIpc) is 2.68. The van der Waals surface area contributed by atoms with Crippen LogP contribution < -0.4 is 20.1 Å². The number of carbonyl (C=O) groups excluding carboxylic acids is 2. The van der Waals surface area contributed by atoms with Gasteiger partial charge in [0, 0.05) is 21.8 Å². The van der Waals surface area contributed by atoms with Gasteiger partial charge in [-0.25, -0.2) is 4.39 Å². The second-order valence-corrected chi connectivity index (χ2v) is 9.07. The molecular weight excluding hydrogens is 561 g/mol. The summed E-state index contributed by atoms with van der Waals surface area (Å²) in [6.07, 6.45) is 2.19. The molecule has 2 amide bonds. The van der Waals surface area contributed by atoms with Crippen LogP contribution in [0.15, 0.2) is 48.2 Å². The summed E-state index contributed by atoms with van der Waals surface area (Å²) in [5.41, 5.74) is 0.0735. The number of hydrogen-bond acceptors (Lipinski definition) is 4. The van der Waals surface area contributed by atoms with Crippen molar-refractivity contribution in [3.8, 4) is 11.5 Å². The summed E-state index contributed by atoms with van der Waals surface area (Å²) in [5.74, 6) is -0.555. The SMILES string of the molecule is CC1(NC(=O)COc2ccc(Cl)c(F)c2)C=C(NC(=O)COc2ccc(Cl)c(I)c2)C1. The normalized spacial score (nSPS) is 17.3. The Morgan fingerprint density at radius 3 is 2.26 bits per heavy atom. The van der Waals surface area contributed by atoms with Gasteiger partial charge < -0.3 is 20.1 Å². The molecule has 6 nitrogen and oxygen atoms in total. The predicted molar refractivity (Wildman–Crippen MR) is 124 cm³/mol. The van der Waals surface area contributed by atoms with Crippen LogP contribution in [-0.2, 0) is 9.59 Å². The van der Waals surface area contributed by atoms with Crippen LogP contribution in [0.3, 0.4) is 0 Å². The van der Waals surface area contributed by atoms with Gasteiger partial charge in [0.25, 0.3) is 11.8 Å². The number of carbonyl (C=O) groups is 2. The third kappa shape index (κ3) is 6.72. The molecule has 1 atom stereocenters. The molecule has 164 valence electrons. The number of amides is 2. The highest BCUT2D eigenvalue weighted by Gasteiger charge is 2.34. The molecule has 2 N–H and O–H groups in total. The molecule has 0 saturated heterocycles. The van der Waals surface area contributed by atoms with Crippen molar-refractivity contribution in [2.45, 2.75) is 18.9 Å². The summed E-state index contributed by atoms with van der Waals surface area (Å²) in [7, 11) is 0. The molecule has 0 radical (unpaired) electrons. The molecule has 0 spiro atoms. The number of halogens is 4. The Labute approximate surface area is 202 Å². The number of benzene rings is 2. The molecule has 0 aromatic heterocycles. The van der Waals surface area contributed by atoms with Crippen LogP contribution in [-0.4, -0.2) is 30.6 Å². The zero-order chi connectivity index (χ0) is 22.6. The Morgan fingerprint density at radius 1 is 1.06 bits per heavy atom. The molecule has 0 fully saturated rings. The maximum absolute atomic E-state index is 13.4. The van der Waals surface area contributed by atoms with E-state index in [1.165, 1.54) is 12.1 Å². The largest absolute Gasteiger partial charge is 0.484 e. The third-order valence-electron chi connectivity index (χ3n) is 4.30. The van der Waals surface area contributed by atoms with Gasteiger partial charge in [-0.1, -0.05) is 23.2 Å². The number of rotatable bonds is 8. The fourth-order valence-electron chi connectivity index (χ4n) is 2.91. The van der Waals surface area contributed by atoms with E-state index >= 15 is 0 Å². The molecule has 31 heavy (non-hydrogen) atoms. The highest BCUT2D eigenvalue weighted by atomic mass is 127. The molecule has 0 bridgehead atoms. The van der Waals surface area contributed by atoms with Crippen molar-refractivity contribution in [3.05, 3.63) is 67.6 Å².